The Balaban J connectivity index is 1.49. The fourth-order valence-corrected chi connectivity index (χ4v) is 3.44. The van der Waals surface area contributed by atoms with Crippen LogP contribution in [0.2, 0.25) is 0 Å². The van der Waals surface area contributed by atoms with Crippen LogP contribution >= 0.6 is 0 Å². The monoisotopic (exact) mass is 412 g/mol. The molecular formula is C23H25FN2O4. The van der Waals surface area contributed by atoms with Crippen molar-refractivity contribution in [2.75, 3.05) is 26.7 Å². The number of hydrogen-bond acceptors (Lipinski definition) is 4. The van der Waals surface area contributed by atoms with E-state index < -0.39 is 17.7 Å². The number of likely N-dealkylation sites (tertiary alicyclic amines) is 1. The Morgan fingerprint density at radius 2 is 1.80 bits per heavy atom. The molecule has 0 saturated carbocycles. The van der Waals surface area contributed by atoms with Crippen LogP contribution in [-0.4, -0.2) is 54.3 Å². The molecule has 1 aliphatic heterocycles. The second-order valence-corrected chi connectivity index (χ2v) is 7.44. The van der Waals surface area contributed by atoms with Crippen LogP contribution in [0.3, 0.4) is 0 Å². The van der Waals surface area contributed by atoms with Gasteiger partial charge < -0.3 is 14.5 Å². The highest BCUT2D eigenvalue weighted by molar-refractivity contribution is 5.94. The van der Waals surface area contributed by atoms with E-state index in [9.17, 15) is 18.8 Å². The summed E-state index contributed by atoms with van der Waals surface area (Å²) >= 11 is 0. The van der Waals surface area contributed by atoms with Crippen LogP contribution in [0.5, 0.6) is 0 Å². The first-order chi connectivity index (χ1) is 14.4. The Labute approximate surface area is 175 Å². The summed E-state index contributed by atoms with van der Waals surface area (Å²) in [5, 5.41) is 0. The fraction of sp³-hybridized carbons (Fsp3) is 0.348. The molecule has 1 aliphatic rings. The highest BCUT2D eigenvalue weighted by atomic mass is 19.1. The molecule has 1 unspecified atom stereocenters. The van der Waals surface area contributed by atoms with Crippen molar-refractivity contribution in [3.63, 3.8) is 0 Å². The van der Waals surface area contributed by atoms with Crippen molar-refractivity contribution >= 4 is 17.8 Å². The molecule has 6 nitrogen and oxygen atoms in total. The highest BCUT2D eigenvalue weighted by Gasteiger charge is 2.30. The van der Waals surface area contributed by atoms with E-state index in [-0.39, 0.29) is 25.0 Å². The van der Waals surface area contributed by atoms with Crippen molar-refractivity contribution in [2.24, 2.45) is 5.92 Å². The minimum atomic E-state index is -0.479. The highest BCUT2D eigenvalue weighted by Crippen LogP contribution is 2.20. The van der Waals surface area contributed by atoms with Gasteiger partial charge in [0.2, 0.25) is 0 Å². The summed E-state index contributed by atoms with van der Waals surface area (Å²) in [6.45, 7) is 0.854. The number of benzene rings is 2. The average molecular weight is 412 g/mol. The Kier molecular flexibility index (Phi) is 7.17. The Morgan fingerprint density at radius 3 is 2.50 bits per heavy atom. The number of piperidine rings is 1. The second-order valence-electron chi connectivity index (χ2n) is 7.44. The maximum absolute atomic E-state index is 13.1. The Bertz CT molecular complexity index is 886. The molecule has 0 N–H and O–H groups in total. The number of carbonyl (C=O) groups is 3. The van der Waals surface area contributed by atoms with Crippen LogP contribution in [0.15, 0.2) is 54.6 Å². The van der Waals surface area contributed by atoms with Gasteiger partial charge in [0.1, 0.15) is 5.82 Å². The molecule has 0 spiro atoms. The summed E-state index contributed by atoms with van der Waals surface area (Å²) in [7, 11) is 1.66. The molecule has 2 aromatic carbocycles. The van der Waals surface area contributed by atoms with Gasteiger partial charge in [0.25, 0.3) is 11.8 Å². The van der Waals surface area contributed by atoms with E-state index in [2.05, 4.69) is 0 Å². The van der Waals surface area contributed by atoms with Crippen molar-refractivity contribution in [3.8, 4) is 0 Å². The summed E-state index contributed by atoms with van der Waals surface area (Å²) in [6, 6.07) is 14.9. The number of carbonyl (C=O) groups excluding carboxylic acids is 3. The van der Waals surface area contributed by atoms with E-state index in [1.807, 2.05) is 30.3 Å². The van der Waals surface area contributed by atoms with E-state index >= 15 is 0 Å². The van der Waals surface area contributed by atoms with Gasteiger partial charge in [0.05, 0.1) is 5.92 Å². The molecule has 30 heavy (non-hydrogen) atoms. The summed E-state index contributed by atoms with van der Waals surface area (Å²) in [6.07, 6.45) is 1.26. The molecule has 0 radical (unpaired) electrons. The lowest BCUT2D eigenvalue weighted by Gasteiger charge is -2.31. The zero-order chi connectivity index (χ0) is 21.5. The van der Waals surface area contributed by atoms with Gasteiger partial charge in [0.15, 0.2) is 6.61 Å². The molecule has 0 aromatic heterocycles. The third kappa shape index (κ3) is 5.65. The lowest BCUT2D eigenvalue weighted by atomic mass is 9.97. The third-order valence-electron chi connectivity index (χ3n) is 5.16. The van der Waals surface area contributed by atoms with E-state index in [0.29, 0.717) is 31.5 Å². The predicted octanol–water partition coefficient (Wildman–Crippen LogP) is 2.88. The van der Waals surface area contributed by atoms with Gasteiger partial charge in [-0.05, 0) is 42.7 Å². The van der Waals surface area contributed by atoms with E-state index in [0.717, 1.165) is 5.56 Å². The molecule has 1 saturated heterocycles. The maximum Gasteiger partial charge on any atom is 0.311 e. The van der Waals surface area contributed by atoms with Crippen LogP contribution in [0.1, 0.15) is 28.8 Å². The van der Waals surface area contributed by atoms with Gasteiger partial charge in [-0.3, -0.25) is 14.4 Å². The van der Waals surface area contributed by atoms with Crippen molar-refractivity contribution < 1.29 is 23.5 Å². The number of ether oxygens (including phenoxy) is 1. The fourth-order valence-electron chi connectivity index (χ4n) is 3.44. The molecule has 0 bridgehead atoms. The van der Waals surface area contributed by atoms with Gasteiger partial charge in [-0.25, -0.2) is 4.39 Å². The normalized spacial score (nSPS) is 16.1. The number of likely N-dealkylation sites (N-methyl/N-ethyl adjacent to an activating group) is 1. The van der Waals surface area contributed by atoms with Crippen LogP contribution in [0.25, 0.3) is 0 Å². The molecule has 7 heteroatoms. The molecule has 1 fully saturated rings. The predicted molar refractivity (Wildman–Crippen MR) is 109 cm³/mol. The molecule has 1 atom stereocenters. The summed E-state index contributed by atoms with van der Waals surface area (Å²) in [5.74, 6) is -1.90. The van der Waals surface area contributed by atoms with Gasteiger partial charge in [-0.15, -0.1) is 0 Å². The van der Waals surface area contributed by atoms with E-state index in [1.165, 1.54) is 29.2 Å². The zero-order valence-electron chi connectivity index (χ0n) is 16.9. The molecule has 2 amide bonds. The first-order valence-electron chi connectivity index (χ1n) is 9.93. The Hall–Kier alpha value is -3.22. The average Bonchev–Trinajstić information content (AvgIpc) is 2.78. The quantitative estimate of drug-likeness (QED) is 0.685. The first-order valence-corrected chi connectivity index (χ1v) is 9.93. The third-order valence-corrected chi connectivity index (χ3v) is 5.16. The lowest BCUT2D eigenvalue weighted by Crippen LogP contribution is -2.43. The van der Waals surface area contributed by atoms with Crippen LogP contribution < -0.4 is 0 Å². The maximum atomic E-state index is 13.1. The van der Waals surface area contributed by atoms with E-state index in [1.54, 1.807) is 11.9 Å². The summed E-state index contributed by atoms with van der Waals surface area (Å²) in [5.41, 5.74) is 1.37. The molecule has 1 heterocycles. The first kappa shape index (κ1) is 21.5. The number of hydrogen-bond donors (Lipinski definition) is 0. The largest absolute Gasteiger partial charge is 0.455 e. The van der Waals surface area contributed by atoms with Crippen molar-refractivity contribution in [2.45, 2.75) is 19.4 Å². The molecule has 3 rings (SSSR count). The zero-order valence-corrected chi connectivity index (χ0v) is 16.9. The van der Waals surface area contributed by atoms with Crippen molar-refractivity contribution in [1.82, 2.24) is 9.80 Å². The number of nitrogens with zero attached hydrogens (tertiary/aromatic N) is 2. The summed E-state index contributed by atoms with van der Waals surface area (Å²) < 4.78 is 18.3. The SMILES string of the molecule is CN(Cc1ccccc1)C(=O)COC(=O)C1CCCN(C(=O)c2ccc(F)cc2)C1. The smallest absolute Gasteiger partial charge is 0.311 e. The van der Waals surface area contributed by atoms with E-state index in [4.69, 9.17) is 4.74 Å². The Morgan fingerprint density at radius 1 is 1.10 bits per heavy atom. The number of esters is 1. The van der Waals surface area contributed by atoms with Crippen LogP contribution in [0, 0.1) is 11.7 Å². The van der Waals surface area contributed by atoms with Crippen molar-refractivity contribution in [1.29, 1.82) is 0 Å². The molecule has 158 valence electrons. The van der Waals surface area contributed by atoms with Crippen LogP contribution in [0.4, 0.5) is 4.39 Å². The van der Waals surface area contributed by atoms with Crippen LogP contribution in [-0.2, 0) is 20.9 Å². The molecule has 0 aliphatic carbocycles. The van der Waals surface area contributed by atoms with Gasteiger partial charge in [-0.1, -0.05) is 30.3 Å². The molecular weight excluding hydrogens is 387 g/mol. The minimum Gasteiger partial charge on any atom is -0.455 e. The number of halogens is 1. The van der Waals surface area contributed by atoms with Crippen molar-refractivity contribution in [3.05, 3.63) is 71.5 Å². The summed E-state index contributed by atoms with van der Waals surface area (Å²) in [4.78, 5) is 40.4. The molecule has 2 aromatic rings. The lowest BCUT2D eigenvalue weighted by molar-refractivity contribution is -0.156. The standard InChI is InChI=1S/C23H25FN2O4/c1-25(14-17-6-3-2-4-7-17)21(27)16-30-23(29)19-8-5-13-26(15-19)22(28)18-9-11-20(24)12-10-18/h2-4,6-7,9-12,19H,5,8,13-16H2,1H3. The number of rotatable bonds is 6. The minimum absolute atomic E-state index is 0.225. The topological polar surface area (TPSA) is 66.9 Å². The van der Waals surface area contributed by atoms with Gasteiger partial charge >= 0.3 is 5.97 Å². The van der Waals surface area contributed by atoms with Gasteiger partial charge in [-0.2, -0.15) is 0 Å². The van der Waals surface area contributed by atoms with Gasteiger partial charge in [0, 0.05) is 32.2 Å². The number of amides is 2. The second kappa shape index (κ2) is 10.0.